The zero-order chi connectivity index (χ0) is 13.2. The molecular weight excluding hydrogens is 328 g/mol. The highest BCUT2D eigenvalue weighted by Crippen LogP contribution is 2.22. The molecule has 0 amide bonds. The lowest BCUT2D eigenvalue weighted by Gasteiger charge is -2.06. The van der Waals surface area contributed by atoms with Crippen LogP contribution in [0.2, 0.25) is 0 Å². The summed E-state index contributed by atoms with van der Waals surface area (Å²) in [6, 6.07) is 9.97. The number of hydrogen-bond acceptors (Lipinski definition) is 2. The summed E-state index contributed by atoms with van der Waals surface area (Å²) in [6.45, 7) is 0.813. The Morgan fingerprint density at radius 1 is 1.32 bits per heavy atom. The van der Waals surface area contributed by atoms with E-state index < -0.39 is 0 Å². The largest absolute Gasteiger partial charge is 0.469 e. The lowest BCUT2D eigenvalue weighted by Crippen LogP contribution is -2.04. The van der Waals surface area contributed by atoms with Gasteiger partial charge in [0.2, 0.25) is 0 Å². The Bertz CT molecular complexity index is 691. The zero-order valence-electron chi connectivity index (χ0n) is 10.1. The molecule has 3 rings (SSSR count). The van der Waals surface area contributed by atoms with Gasteiger partial charge in [0.1, 0.15) is 11.6 Å². The molecule has 0 fully saturated rings. The second-order valence-electron chi connectivity index (χ2n) is 4.28. The minimum absolute atomic E-state index is 0.407. The minimum atomic E-state index is 0.407. The molecule has 0 spiro atoms. The summed E-state index contributed by atoms with van der Waals surface area (Å²) in [5.41, 5.74) is 2.06. The van der Waals surface area contributed by atoms with Gasteiger partial charge >= 0.3 is 0 Å². The van der Waals surface area contributed by atoms with E-state index in [-0.39, 0.29) is 0 Å². The predicted molar refractivity (Wildman–Crippen MR) is 79.4 cm³/mol. The van der Waals surface area contributed by atoms with Crippen LogP contribution in [-0.2, 0) is 18.8 Å². The van der Waals surface area contributed by atoms with Crippen LogP contribution < -0.4 is 0 Å². The van der Waals surface area contributed by atoms with Crippen molar-refractivity contribution in [3.63, 3.8) is 0 Å². The maximum absolute atomic E-state index is 5.99. The number of furan rings is 1. The standard InChI is InChI=1S/C14H12BrClN2O/c15-10-3-4-13-12(8-10)17-14(9-16)18(13)6-5-11-2-1-7-19-11/h1-4,7-8H,5-6,9H2. The Morgan fingerprint density at radius 2 is 2.21 bits per heavy atom. The first-order valence-corrected chi connectivity index (χ1v) is 7.33. The number of imidazole rings is 1. The van der Waals surface area contributed by atoms with Crippen molar-refractivity contribution in [2.24, 2.45) is 0 Å². The quantitative estimate of drug-likeness (QED) is 0.661. The van der Waals surface area contributed by atoms with Crippen LogP contribution in [0.4, 0.5) is 0 Å². The Labute approximate surface area is 124 Å². The summed E-state index contributed by atoms with van der Waals surface area (Å²) in [5, 5.41) is 0. The lowest BCUT2D eigenvalue weighted by atomic mass is 10.3. The molecule has 0 aliphatic carbocycles. The molecule has 2 aromatic heterocycles. The number of aromatic nitrogens is 2. The van der Waals surface area contributed by atoms with Gasteiger partial charge in [-0.15, -0.1) is 11.6 Å². The number of halogens is 2. The van der Waals surface area contributed by atoms with Gasteiger partial charge in [-0.2, -0.15) is 0 Å². The summed E-state index contributed by atoms with van der Waals surface area (Å²) < 4.78 is 8.54. The molecule has 0 atom stereocenters. The van der Waals surface area contributed by atoms with Crippen LogP contribution in [0.15, 0.2) is 45.5 Å². The second-order valence-corrected chi connectivity index (χ2v) is 5.46. The Morgan fingerprint density at radius 3 is 2.95 bits per heavy atom. The number of alkyl halides is 1. The van der Waals surface area contributed by atoms with Crippen LogP contribution in [0.5, 0.6) is 0 Å². The Kier molecular flexibility index (Phi) is 3.62. The molecule has 2 heterocycles. The molecule has 0 aliphatic rings. The van der Waals surface area contributed by atoms with Crippen LogP contribution in [0, 0.1) is 0 Å². The van der Waals surface area contributed by atoms with Crippen LogP contribution in [0.1, 0.15) is 11.6 Å². The molecular formula is C14H12BrClN2O. The van der Waals surface area contributed by atoms with Crippen molar-refractivity contribution in [1.29, 1.82) is 0 Å². The minimum Gasteiger partial charge on any atom is -0.469 e. The molecule has 98 valence electrons. The monoisotopic (exact) mass is 338 g/mol. The van der Waals surface area contributed by atoms with Gasteiger partial charge in [-0.3, -0.25) is 0 Å². The smallest absolute Gasteiger partial charge is 0.124 e. The molecule has 5 heteroatoms. The molecule has 1 aromatic carbocycles. The fourth-order valence-electron chi connectivity index (χ4n) is 2.18. The molecule has 19 heavy (non-hydrogen) atoms. The fraction of sp³-hybridized carbons (Fsp3) is 0.214. The van der Waals surface area contributed by atoms with Crippen LogP contribution in [0.25, 0.3) is 11.0 Å². The lowest BCUT2D eigenvalue weighted by molar-refractivity contribution is 0.491. The average Bonchev–Trinajstić information content (AvgIpc) is 3.02. The SMILES string of the molecule is ClCc1nc2cc(Br)ccc2n1CCc1ccco1. The number of rotatable bonds is 4. The average molecular weight is 340 g/mol. The van der Waals surface area contributed by atoms with Crippen molar-refractivity contribution >= 4 is 38.6 Å². The van der Waals surface area contributed by atoms with Gasteiger partial charge in [-0.25, -0.2) is 4.98 Å². The Hall–Kier alpha value is -1.26. The third-order valence-electron chi connectivity index (χ3n) is 3.07. The number of nitrogens with zero attached hydrogens (tertiary/aromatic N) is 2. The maximum atomic E-state index is 5.99. The molecule has 0 radical (unpaired) electrons. The number of aryl methyl sites for hydroxylation is 2. The summed E-state index contributed by atoms with van der Waals surface area (Å²) in [6.07, 6.45) is 2.53. The summed E-state index contributed by atoms with van der Waals surface area (Å²) >= 11 is 9.45. The molecule has 3 aromatic rings. The van der Waals surface area contributed by atoms with Crippen molar-refractivity contribution in [2.75, 3.05) is 0 Å². The van der Waals surface area contributed by atoms with E-state index in [9.17, 15) is 0 Å². The van der Waals surface area contributed by atoms with Gasteiger partial charge in [0.05, 0.1) is 23.2 Å². The van der Waals surface area contributed by atoms with Crippen LogP contribution >= 0.6 is 27.5 Å². The first kappa shape index (κ1) is 12.8. The Balaban J connectivity index is 1.96. The molecule has 0 unspecified atom stereocenters. The topological polar surface area (TPSA) is 31.0 Å². The van der Waals surface area contributed by atoms with Gasteiger partial charge in [0.15, 0.2) is 0 Å². The highest BCUT2D eigenvalue weighted by atomic mass is 79.9. The predicted octanol–water partition coefficient (Wildman–Crippen LogP) is 4.37. The van der Waals surface area contributed by atoms with E-state index in [1.807, 2.05) is 24.3 Å². The van der Waals surface area contributed by atoms with Crippen molar-refractivity contribution in [1.82, 2.24) is 9.55 Å². The number of fused-ring (bicyclic) bond motifs is 1. The van der Waals surface area contributed by atoms with E-state index in [1.165, 1.54) is 0 Å². The van der Waals surface area contributed by atoms with Crippen molar-refractivity contribution < 1.29 is 4.42 Å². The molecule has 3 nitrogen and oxygen atoms in total. The molecule has 0 N–H and O–H groups in total. The summed E-state index contributed by atoms with van der Waals surface area (Å²) in [7, 11) is 0. The molecule has 0 aliphatic heterocycles. The van der Waals surface area contributed by atoms with Crippen LogP contribution in [-0.4, -0.2) is 9.55 Å². The van der Waals surface area contributed by atoms with Crippen molar-refractivity contribution in [3.8, 4) is 0 Å². The summed E-state index contributed by atoms with van der Waals surface area (Å²) in [4.78, 5) is 4.56. The highest BCUT2D eigenvalue weighted by molar-refractivity contribution is 9.10. The van der Waals surface area contributed by atoms with Gasteiger partial charge in [-0.1, -0.05) is 15.9 Å². The van der Waals surface area contributed by atoms with Gasteiger partial charge in [0, 0.05) is 17.4 Å². The molecule has 0 saturated carbocycles. The molecule has 0 bridgehead atoms. The fourth-order valence-corrected chi connectivity index (χ4v) is 2.73. The number of hydrogen-bond donors (Lipinski definition) is 0. The first-order valence-electron chi connectivity index (χ1n) is 6.01. The van der Waals surface area contributed by atoms with Crippen molar-refractivity contribution in [3.05, 3.63) is 52.7 Å². The van der Waals surface area contributed by atoms with Crippen molar-refractivity contribution in [2.45, 2.75) is 18.8 Å². The van der Waals surface area contributed by atoms with Gasteiger partial charge in [0.25, 0.3) is 0 Å². The molecule has 0 saturated heterocycles. The normalized spacial score (nSPS) is 11.3. The third-order valence-corrected chi connectivity index (χ3v) is 3.80. The third kappa shape index (κ3) is 2.55. The van der Waals surface area contributed by atoms with E-state index in [0.717, 1.165) is 40.1 Å². The first-order chi connectivity index (χ1) is 9.28. The van der Waals surface area contributed by atoms with Crippen LogP contribution in [0.3, 0.4) is 0 Å². The van der Waals surface area contributed by atoms with E-state index in [2.05, 4.69) is 31.5 Å². The van der Waals surface area contributed by atoms with Gasteiger partial charge in [-0.05, 0) is 30.3 Å². The number of benzene rings is 1. The highest BCUT2D eigenvalue weighted by Gasteiger charge is 2.10. The van der Waals surface area contributed by atoms with E-state index >= 15 is 0 Å². The second kappa shape index (κ2) is 5.39. The summed E-state index contributed by atoms with van der Waals surface area (Å²) in [5.74, 6) is 2.27. The maximum Gasteiger partial charge on any atom is 0.124 e. The van der Waals surface area contributed by atoms with E-state index in [4.69, 9.17) is 16.0 Å². The van der Waals surface area contributed by atoms with E-state index in [1.54, 1.807) is 6.26 Å². The zero-order valence-corrected chi connectivity index (χ0v) is 12.5. The van der Waals surface area contributed by atoms with Gasteiger partial charge < -0.3 is 8.98 Å². The van der Waals surface area contributed by atoms with E-state index in [0.29, 0.717) is 5.88 Å².